The van der Waals surface area contributed by atoms with Gasteiger partial charge in [0, 0.05) is 11.1 Å². The van der Waals surface area contributed by atoms with Gasteiger partial charge in [-0.2, -0.15) is 0 Å². The topological polar surface area (TPSA) is 34.1 Å². The molecule has 0 radical (unpaired) electrons. The summed E-state index contributed by atoms with van der Waals surface area (Å²) < 4.78 is 0. The largest absolute Gasteiger partial charge is 0.290 e. The van der Waals surface area contributed by atoms with Crippen molar-refractivity contribution in [3.05, 3.63) is 23.3 Å². The number of hydrogen-bond donors (Lipinski definition) is 0. The zero-order valence-corrected chi connectivity index (χ0v) is 11.0. The second-order valence-corrected chi connectivity index (χ2v) is 5.40. The van der Waals surface area contributed by atoms with Gasteiger partial charge in [0.1, 0.15) is 0 Å². The molecule has 0 fully saturated rings. The minimum atomic E-state index is 0.0710. The quantitative estimate of drug-likeness (QED) is 0.607. The second-order valence-electron chi connectivity index (χ2n) is 5.40. The normalized spacial score (nSPS) is 23.3. The highest BCUT2D eigenvalue weighted by Crippen LogP contribution is 2.22. The lowest BCUT2D eigenvalue weighted by Gasteiger charge is -2.13. The summed E-state index contributed by atoms with van der Waals surface area (Å²) in [4.78, 5) is 23.8. The van der Waals surface area contributed by atoms with Gasteiger partial charge in [0.15, 0.2) is 11.6 Å². The molecule has 0 atom stereocenters. The number of hydrogen-bond acceptors (Lipinski definition) is 2. The molecule has 0 amide bonds. The highest BCUT2D eigenvalue weighted by Gasteiger charge is 2.19. The zero-order valence-electron chi connectivity index (χ0n) is 11.0. The molecule has 2 nitrogen and oxygen atoms in total. The smallest absolute Gasteiger partial charge is 0.182 e. The van der Waals surface area contributed by atoms with Gasteiger partial charge in [0.05, 0.1) is 0 Å². The lowest BCUT2D eigenvalue weighted by atomic mass is 9.90. The van der Waals surface area contributed by atoms with E-state index in [0.29, 0.717) is 0 Å². The standard InChI is InChI=1S/C16H22O2/c17-15-12-14-10-8-6-4-2-1-3-5-7-9-13(15)11-16(14)18/h11-12H,1-10H2. The van der Waals surface area contributed by atoms with E-state index in [2.05, 4.69) is 0 Å². The summed E-state index contributed by atoms with van der Waals surface area (Å²) >= 11 is 0. The number of allylic oxidation sites excluding steroid dienone is 4. The first-order chi connectivity index (χ1) is 8.77. The fraction of sp³-hybridized carbons (Fsp3) is 0.625. The molecule has 3 rings (SSSR count). The van der Waals surface area contributed by atoms with Gasteiger partial charge in [-0.1, -0.05) is 38.5 Å². The van der Waals surface area contributed by atoms with E-state index in [1.807, 2.05) is 0 Å². The maximum atomic E-state index is 11.9. The van der Waals surface area contributed by atoms with Crippen LogP contribution in [0.15, 0.2) is 23.3 Å². The summed E-state index contributed by atoms with van der Waals surface area (Å²) in [6.07, 6.45) is 14.3. The van der Waals surface area contributed by atoms with E-state index in [1.54, 1.807) is 12.2 Å². The fourth-order valence-corrected chi connectivity index (χ4v) is 2.73. The Balaban J connectivity index is 2.04. The first-order valence-electron chi connectivity index (χ1n) is 7.27. The monoisotopic (exact) mass is 246 g/mol. The van der Waals surface area contributed by atoms with Gasteiger partial charge in [0.25, 0.3) is 0 Å². The van der Waals surface area contributed by atoms with Crippen LogP contribution in [0.4, 0.5) is 0 Å². The van der Waals surface area contributed by atoms with Crippen LogP contribution in [0.1, 0.15) is 64.2 Å². The van der Waals surface area contributed by atoms with Crippen LogP contribution >= 0.6 is 0 Å². The Morgan fingerprint density at radius 2 is 0.889 bits per heavy atom. The Labute approximate surface area is 109 Å². The van der Waals surface area contributed by atoms with E-state index in [9.17, 15) is 9.59 Å². The summed E-state index contributed by atoms with van der Waals surface area (Å²) in [6.45, 7) is 0. The number of fused-ring (bicyclic) bond motifs is 11. The Hall–Kier alpha value is -1.18. The van der Waals surface area contributed by atoms with Gasteiger partial charge in [0.2, 0.25) is 0 Å². The summed E-state index contributed by atoms with van der Waals surface area (Å²) in [7, 11) is 0. The minimum absolute atomic E-state index is 0.0710. The molecule has 18 heavy (non-hydrogen) atoms. The molecule has 0 saturated carbocycles. The first-order valence-corrected chi connectivity index (χ1v) is 7.27. The van der Waals surface area contributed by atoms with E-state index in [4.69, 9.17) is 0 Å². The predicted molar refractivity (Wildman–Crippen MR) is 72.4 cm³/mol. The molecule has 0 aromatic rings. The Kier molecular flexibility index (Phi) is 4.91. The third-order valence-corrected chi connectivity index (χ3v) is 3.89. The van der Waals surface area contributed by atoms with Crippen molar-refractivity contribution in [2.75, 3.05) is 0 Å². The second kappa shape index (κ2) is 6.67. The molecule has 0 N–H and O–H groups in total. The van der Waals surface area contributed by atoms with Crippen molar-refractivity contribution in [1.29, 1.82) is 0 Å². The van der Waals surface area contributed by atoms with Crippen LogP contribution in [0.5, 0.6) is 0 Å². The fourth-order valence-electron chi connectivity index (χ4n) is 2.73. The number of ketones is 2. The molecular formula is C16H22O2. The van der Waals surface area contributed by atoms with Crippen molar-refractivity contribution in [1.82, 2.24) is 0 Å². The van der Waals surface area contributed by atoms with Crippen LogP contribution in [0, 0.1) is 0 Å². The summed E-state index contributed by atoms with van der Waals surface area (Å²) in [5, 5.41) is 0. The van der Waals surface area contributed by atoms with Gasteiger partial charge in [-0.25, -0.2) is 0 Å². The third-order valence-electron chi connectivity index (χ3n) is 3.89. The van der Waals surface area contributed by atoms with Crippen LogP contribution in [-0.4, -0.2) is 11.6 Å². The van der Waals surface area contributed by atoms with E-state index in [0.717, 1.165) is 36.8 Å². The van der Waals surface area contributed by atoms with Crippen molar-refractivity contribution in [2.45, 2.75) is 64.2 Å². The van der Waals surface area contributed by atoms with Crippen molar-refractivity contribution in [2.24, 2.45) is 0 Å². The Morgan fingerprint density at radius 3 is 1.28 bits per heavy atom. The molecule has 0 aromatic heterocycles. The van der Waals surface area contributed by atoms with E-state index in [-0.39, 0.29) is 11.6 Å². The molecule has 0 spiro atoms. The van der Waals surface area contributed by atoms with Crippen LogP contribution in [0.25, 0.3) is 0 Å². The zero-order chi connectivity index (χ0) is 12.8. The van der Waals surface area contributed by atoms with Crippen LogP contribution in [-0.2, 0) is 9.59 Å². The van der Waals surface area contributed by atoms with E-state index < -0.39 is 0 Å². The van der Waals surface area contributed by atoms with Crippen molar-refractivity contribution in [3.8, 4) is 0 Å². The predicted octanol–water partition coefficient (Wildman–Crippen LogP) is 3.91. The molecule has 3 aliphatic rings. The first kappa shape index (κ1) is 13.3. The summed E-state index contributed by atoms with van der Waals surface area (Å²) in [5.74, 6) is 0.142. The van der Waals surface area contributed by atoms with E-state index >= 15 is 0 Å². The van der Waals surface area contributed by atoms with Gasteiger partial charge >= 0.3 is 0 Å². The molecule has 98 valence electrons. The lowest BCUT2D eigenvalue weighted by Crippen LogP contribution is -2.13. The highest BCUT2D eigenvalue weighted by molar-refractivity contribution is 6.19. The third kappa shape index (κ3) is 3.66. The minimum Gasteiger partial charge on any atom is -0.290 e. The maximum absolute atomic E-state index is 11.9. The lowest BCUT2D eigenvalue weighted by molar-refractivity contribution is -0.115. The molecule has 0 unspecified atom stereocenters. The SMILES string of the molecule is O=C1C=C2CCCCCCCCCCC1=CC2=O. The number of rotatable bonds is 0. The molecule has 0 saturated heterocycles. The van der Waals surface area contributed by atoms with Crippen LogP contribution in [0.3, 0.4) is 0 Å². The van der Waals surface area contributed by atoms with Gasteiger partial charge in [-0.3, -0.25) is 9.59 Å². The number of carbonyl (C=O) groups is 2. The van der Waals surface area contributed by atoms with Crippen molar-refractivity contribution in [3.63, 3.8) is 0 Å². The average molecular weight is 246 g/mol. The molecule has 2 bridgehead atoms. The molecule has 0 aliphatic heterocycles. The van der Waals surface area contributed by atoms with Crippen LogP contribution < -0.4 is 0 Å². The van der Waals surface area contributed by atoms with Crippen molar-refractivity contribution < 1.29 is 9.59 Å². The molecule has 0 aromatic carbocycles. The van der Waals surface area contributed by atoms with Crippen LogP contribution in [0.2, 0.25) is 0 Å². The van der Waals surface area contributed by atoms with Gasteiger partial charge < -0.3 is 0 Å². The summed E-state index contributed by atoms with van der Waals surface area (Å²) in [5.41, 5.74) is 1.45. The Morgan fingerprint density at radius 1 is 0.556 bits per heavy atom. The number of carbonyl (C=O) groups excluding carboxylic acids is 2. The highest BCUT2D eigenvalue weighted by atomic mass is 16.1. The Bertz CT molecular complexity index is 350. The molecular weight excluding hydrogens is 224 g/mol. The maximum Gasteiger partial charge on any atom is 0.182 e. The van der Waals surface area contributed by atoms with Gasteiger partial charge in [-0.05, 0) is 37.8 Å². The molecule has 3 aliphatic carbocycles. The summed E-state index contributed by atoms with van der Waals surface area (Å²) in [6, 6.07) is 0. The van der Waals surface area contributed by atoms with Crippen molar-refractivity contribution >= 4 is 11.6 Å². The van der Waals surface area contributed by atoms with E-state index in [1.165, 1.54) is 38.5 Å². The van der Waals surface area contributed by atoms with Gasteiger partial charge in [-0.15, -0.1) is 0 Å². The molecule has 0 heterocycles. The molecule has 2 heteroatoms. The average Bonchev–Trinajstić information content (AvgIpc) is 2.36.